The van der Waals surface area contributed by atoms with E-state index in [1.807, 2.05) is 24.3 Å². The van der Waals surface area contributed by atoms with Crippen molar-refractivity contribution in [3.63, 3.8) is 0 Å². The van der Waals surface area contributed by atoms with Crippen molar-refractivity contribution in [3.8, 4) is 17.0 Å². The van der Waals surface area contributed by atoms with Crippen molar-refractivity contribution in [1.82, 2.24) is 15.6 Å². The highest BCUT2D eigenvalue weighted by Crippen LogP contribution is 2.19. The monoisotopic (exact) mass is 348 g/mol. The van der Waals surface area contributed by atoms with Crippen LogP contribution in [0.3, 0.4) is 0 Å². The molecule has 6 heteroatoms. The minimum Gasteiger partial charge on any atom is -0.507 e. The van der Waals surface area contributed by atoms with Crippen molar-refractivity contribution in [2.75, 3.05) is 0 Å². The van der Waals surface area contributed by atoms with E-state index in [4.69, 9.17) is 0 Å². The molecule has 3 aromatic rings. The van der Waals surface area contributed by atoms with E-state index in [2.05, 4.69) is 27.6 Å². The average Bonchev–Trinajstić information content (AvgIpc) is 3.16. The Labute approximate surface area is 151 Å². The van der Waals surface area contributed by atoms with Gasteiger partial charge < -0.3 is 5.11 Å². The number of aromatic nitrogens is 2. The molecule has 0 unspecified atom stereocenters. The molecule has 0 aliphatic rings. The number of carbonyl (C=O) groups is 1. The lowest BCUT2D eigenvalue weighted by atomic mass is 10.1. The van der Waals surface area contributed by atoms with Gasteiger partial charge in [0.25, 0.3) is 5.91 Å². The van der Waals surface area contributed by atoms with Crippen molar-refractivity contribution in [2.24, 2.45) is 5.10 Å². The summed E-state index contributed by atoms with van der Waals surface area (Å²) < 4.78 is 0. The molecule has 3 N–H and O–H groups in total. The van der Waals surface area contributed by atoms with Crippen molar-refractivity contribution in [1.29, 1.82) is 0 Å². The van der Waals surface area contributed by atoms with Gasteiger partial charge in [-0.05, 0) is 37.1 Å². The van der Waals surface area contributed by atoms with Crippen LogP contribution in [-0.4, -0.2) is 26.9 Å². The van der Waals surface area contributed by atoms with E-state index in [9.17, 15) is 9.90 Å². The molecule has 0 fully saturated rings. The Morgan fingerprint density at radius 2 is 1.92 bits per heavy atom. The summed E-state index contributed by atoms with van der Waals surface area (Å²) in [5, 5.41) is 20.8. The van der Waals surface area contributed by atoms with Crippen LogP contribution in [0, 0.1) is 0 Å². The Kier molecular flexibility index (Phi) is 5.12. The number of para-hydroxylation sites is 1. The van der Waals surface area contributed by atoms with Gasteiger partial charge >= 0.3 is 0 Å². The summed E-state index contributed by atoms with van der Waals surface area (Å²) >= 11 is 0. The third-order valence-corrected chi connectivity index (χ3v) is 4.10. The first-order chi connectivity index (χ1) is 12.6. The lowest BCUT2D eigenvalue weighted by Gasteiger charge is -2.03. The van der Waals surface area contributed by atoms with E-state index in [1.54, 1.807) is 37.3 Å². The maximum Gasteiger partial charge on any atom is 0.289 e. The number of phenolic OH excluding ortho intramolecular Hbond substituents is 1. The maximum absolute atomic E-state index is 12.3. The number of aromatic hydroxyl groups is 1. The van der Waals surface area contributed by atoms with Gasteiger partial charge in [0.1, 0.15) is 11.4 Å². The molecule has 0 bridgehead atoms. The molecule has 0 atom stereocenters. The number of amides is 1. The average molecular weight is 348 g/mol. The quantitative estimate of drug-likeness (QED) is 0.487. The summed E-state index contributed by atoms with van der Waals surface area (Å²) in [6.07, 6.45) is 0.975. The maximum atomic E-state index is 12.3. The highest BCUT2D eigenvalue weighted by Gasteiger charge is 2.11. The summed E-state index contributed by atoms with van der Waals surface area (Å²) in [6, 6.07) is 16.6. The molecule has 1 aromatic heterocycles. The van der Waals surface area contributed by atoms with Crippen LogP contribution in [0.2, 0.25) is 0 Å². The third-order valence-electron chi connectivity index (χ3n) is 4.10. The molecule has 3 rings (SSSR count). The first-order valence-corrected chi connectivity index (χ1v) is 8.36. The topological polar surface area (TPSA) is 90.4 Å². The van der Waals surface area contributed by atoms with Gasteiger partial charge in [-0.25, -0.2) is 5.43 Å². The number of aromatic amines is 1. The number of hydrogen-bond acceptors (Lipinski definition) is 4. The number of aryl methyl sites for hydroxylation is 1. The summed E-state index contributed by atoms with van der Waals surface area (Å²) in [5.41, 5.74) is 6.73. The minimum absolute atomic E-state index is 0.113. The molecule has 0 spiro atoms. The van der Waals surface area contributed by atoms with Gasteiger partial charge in [-0.1, -0.05) is 43.3 Å². The SMILES string of the molecule is CCc1ccc(-c2cc(C(=O)N/N=C(/C)c3ccccc3O)[nH]n2)cc1. The number of nitrogens with one attached hydrogen (secondary N) is 2. The van der Waals surface area contributed by atoms with Gasteiger partial charge in [-0.2, -0.15) is 10.2 Å². The van der Waals surface area contributed by atoms with Crippen molar-refractivity contribution in [2.45, 2.75) is 20.3 Å². The number of benzene rings is 2. The number of hydrazone groups is 1. The number of nitrogens with zero attached hydrogens (tertiary/aromatic N) is 2. The van der Waals surface area contributed by atoms with Crippen LogP contribution >= 0.6 is 0 Å². The zero-order valence-corrected chi connectivity index (χ0v) is 14.7. The fraction of sp³-hybridized carbons (Fsp3) is 0.150. The first-order valence-electron chi connectivity index (χ1n) is 8.36. The predicted molar refractivity (Wildman–Crippen MR) is 101 cm³/mol. The summed E-state index contributed by atoms with van der Waals surface area (Å²) in [7, 11) is 0. The highest BCUT2D eigenvalue weighted by atomic mass is 16.3. The van der Waals surface area contributed by atoms with Crippen LogP contribution in [0.4, 0.5) is 0 Å². The Morgan fingerprint density at radius 3 is 2.62 bits per heavy atom. The zero-order valence-electron chi connectivity index (χ0n) is 14.7. The minimum atomic E-state index is -0.399. The predicted octanol–water partition coefficient (Wildman–Crippen LogP) is 3.50. The number of carbonyl (C=O) groups excluding carboxylic acids is 1. The van der Waals surface area contributed by atoms with E-state index >= 15 is 0 Å². The lowest BCUT2D eigenvalue weighted by Crippen LogP contribution is -2.19. The van der Waals surface area contributed by atoms with E-state index < -0.39 is 5.91 Å². The second kappa shape index (κ2) is 7.65. The molecule has 0 aliphatic carbocycles. The second-order valence-electron chi connectivity index (χ2n) is 5.87. The fourth-order valence-electron chi connectivity index (χ4n) is 2.53. The van der Waals surface area contributed by atoms with Crippen LogP contribution in [0.25, 0.3) is 11.3 Å². The van der Waals surface area contributed by atoms with Gasteiger partial charge in [-0.3, -0.25) is 9.89 Å². The molecule has 0 saturated carbocycles. The van der Waals surface area contributed by atoms with Gasteiger partial charge in [0, 0.05) is 11.1 Å². The zero-order chi connectivity index (χ0) is 18.5. The highest BCUT2D eigenvalue weighted by molar-refractivity contribution is 6.02. The number of H-pyrrole nitrogens is 1. The van der Waals surface area contributed by atoms with E-state index in [0.29, 0.717) is 22.7 Å². The number of phenols is 1. The van der Waals surface area contributed by atoms with E-state index in [-0.39, 0.29) is 5.75 Å². The smallest absolute Gasteiger partial charge is 0.289 e. The van der Waals surface area contributed by atoms with Crippen LogP contribution < -0.4 is 5.43 Å². The third kappa shape index (κ3) is 3.80. The molecule has 2 aromatic carbocycles. The Morgan fingerprint density at radius 1 is 1.19 bits per heavy atom. The Hall–Kier alpha value is -3.41. The normalized spacial score (nSPS) is 11.4. The van der Waals surface area contributed by atoms with Crippen molar-refractivity contribution in [3.05, 3.63) is 71.4 Å². The lowest BCUT2D eigenvalue weighted by molar-refractivity contribution is 0.0950. The summed E-state index contributed by atoms with van der Waals surface area (Å²) in [4.78, 5) is 12.3. The van der Waals surface area contributed by atoms with Gasteiger partial charge in [-0.15, -0.1) is 0 Å². The molecule has 132 valence electrons. The molecule has 0 saturated heterocycles. The van der Waals surface area contributed by atoms with E-state index in [1.165, 1.54) is 5.56 Å². The van der Waals surface area contributed by atoms with E-state index in [0.717, 1.165) is 12.0 Å². The van der Waals surface area contributed by atoms with Crippen LogP contribution in [0.15, 0.2) is 59.7 Å². The molecule has 0 radical (unpaired) electrons. The Bertz CT molecular complexity index is 942. The number of hydrogen-bond donors (Lipinski definition) is 3. The summed E-state index contributed by atoms with van der Waals surface area (Å²) in [5.74, 6) is -0.286. The number of rotatable bonds is 5. The standard InChI is InChI=1S/C20H20N4O2/c1-3-14-8-10-15(11-9-14)17-12-18(23-22-17)20(26)24-21-13(2)16-6-4-5-7-19(16)25/h4-12,25H,3H2,1-2H3,(H,22,23)(H,24,26)/b21-13-. The molecular formula is C20H20N4O2. The largest absolute Gasteiger partial charge is 0.507 e. The van der Waals surface area contributed by atoms with Gasteiger partial charge in [0.15, 0.2) is 0 Å². The molecule has 6 nitrogen and oxygen atoms in total. The van der Waals surface area contributed by atoms with Crippen LogP contribution in [-0.2, 0) is 6.42 Å². The molecule has 1 heterocycles. The Balaban J connectivity index is 1.72. The molecule has 26 heavy (non-hydrogen) atoms. The van der Waals surface area contributed by atoms with Gasteiger partial charge in [0.2, 0.25) is 0 Å². The van der Waals surface area contributed by atoms with Crippen molar-refractivity contribution >= 4 is 11.6 Å². The fourth-order valence-corrected chi connectivity index (χ4v) is 2.53. The van der Waals surface area contributed by atoms with Crippen molar-refractivity contribution < 1.29 is 9.90 Å². The molecule has 0 aliphatic heterocycles. The van der Waals surface area contributed by atoms with Crippen LogP contribution in [0.5, 0.6) is 5.75 Å². The van der Waals surface area contributed by atoms with Gasteiger partial charge in [0.05, 0.1) is 11.4 Å². The first kappa shape index (κ1) is 17.4. The summed E-state index contributed by atoms with van der Waals surface area (Å²) in [6.45, 7) is 3.81. The van der Waals surface area contributed by atoms with Crippen LogP contribution in [0.1, 0.15) is 35.5 Å². The molecule has 1 amide bonds. The molecular weight excluding hydrogens is 328 g/mol. The second-order valence-corrected chi connectivity index (χ2v) is 5.87.